The van der Waals surface area contributed by atoms with Crippen molar-refractivity contribution in [3.05, 3.63) is 66.2 Å². The molecule has 0 aliphatic carbocycles. The molecular weight excluding hydrogens is 272 g/mol. The first-order valence-electron chi connectivity index (χ1n) is 8.04. The van der Waals surface area contributed by atoms with Crippen molar-refractivity contribution < 1.29 is 4.74 Å². The average molecular weight is 299 g/mol. The van der Waals surface area contributed by atoms with Crippen LogP contribution in [0, 0.1) is 0 Å². The van der Waals surface area contributed by atoms with Crippen molar-refractivity contribution in [1.29, 1.82) is 0 Å². The van der Waals surface area contributed by atoms with E-state index in [1.54, 1.807) is 5.19 Å². The molecule has 0 aromatic heterocycles. The molecule has 0 spiro atoms. The van der Waals surface area contributed by atoms with E-state index in [1.165, 1.54) is 24.8 Å². The molecule has 0 saturated heterocycles. The summed E-state index contributed by atoms with van der Waals surface area (Å²) in [5.41, 5.74) is 2.03. The summed E-state index contributed by atoms with van der Waals surface area (Å²) in [6.45, 7) is 3.93. The highest BCUT2D eigenvalue weighted by atomic mass is 28.2. The van der Waals surface area contributed by atoms with Gasteiger partial charge in [-0.3, -0.25) is 0 Å². The predicted octanol–water partition coefficient (Wildman–Crippen LogP) is 3.68. The third-order valence-corrected chi connectivity index (χ3v) is 5.96. The zero-order valence-electron chi connectivity index (χ0n) is 13.0. The smallest absolute Gasteiger partial charge is 0.0716 e. The summed E-state index contributed by atoms with van der Waals surface area (Å²) in [6.07, 6.45) is 3.91. The second kappa shape index (κ2) is 9.53. The van der Waals surface area contributed by atoms with E-state index in [4.69, 9.17) is 4.74 Å². The summed E-state index contributed by atoms with van der Waals surface area (Å²) < 4.78 is 5.99. The number of unbranched alkanes of at least 4 members (excludes halogenated alkanes) is 1. The Hall–Kier alpha value is -1.38. The van der Waals surface area contributed by atoms with Crippen molar-refractivity contribution in [2.24, 2.45) is 0 Å². The zero-order valence-corrected chi connectivity index (χ0v) is 14.4. The molecule has 21 heavy (non-hydrogen) atoms. The predicted molar refractivity (Wildman–Crippen MR) is 94.0 cm³/mol. The Labute approximate surface area is 131 Å². The summed E-state index contributed by atoms with van der Waals surface area (Å²) in [4.78, 5) is 0. The van der Waals surface area contributed by atoms with Crippen LogP contribution in [0.1, 0.15) is 31.7 Å². The highest BCUT2D eigenvalue weighted by Crippen LogP contribution is 2.15. The second-order valence-electron chi connectivity index (χ2n) is 5.70. The Kier molecular flexibility index (Phi) is 7.26. The van der Waals surface area contributed by atoms with Gasteiger partial charge in [0.05, 0.1) is 16.1 Å². The minimum absolute atomic E-state index is 0.243. The first kappa shape index (κ1) is 16.0. The number of hydrogen-bond acceptors (Lipinski definition) is 1. The van der Waals surface area contributed by atoms with Crippen LogP contribution < -0.4 is 5.19 Å². The zero-order chi connectivity index (χ0) is 14.8. The highest BCUT2D eigenvalue weighted by molar-refractivity contribution is 6.55. The van der Waals surface area contributed by atoms with Gasteiger partial charge >= 0.3 is 0 Å². The normalized spacial score (nSPS) is 12.8. The summed E-state index contributed by atoms with van der Waals surface area (Å²) in [6, 6.07) is 21.4. The molecule has 2 rings (SSSR count). The van der Waals surface area contributed by atoms with Crippen molar-refractivity contribution in [2.45, 2.75) is 38.3 Å². The fraction of sp³-hybridized carbons (Fsp3) is 0.368. The van der Waals surface area contributed by atoms with Gasteiger partial charge in [-0.1, -0.05) is 92.0 Å². The lowest BCUT2D eigenvalue weighted by atomic mass is 10.2. The molecule has 2 aromatic rings. The van der Waals surface area contributed by atoms with Crippen LogP contribution in [0.4, 0.5) is 0 Å². The van der Waals surface area contributed by atoms with Crippen molar-refractivity contribution in [3.63, 3.8) is 0 Å². The molecule has 1 atom stereocenters. The van der Waals surface area contributed by atoms with Crippen LogP contribution >= 0.6 is 0 Å². The van der Waals surface area contributed by atoms with Gasteiger partial charge in [0.1, 0.15) is 0 Å². The molecule has 0 fully saturated rings. The standard InChI is InChI=1S/C19H26OSi/c1-2-3-12-19(21-18-13-8-5-9-14-18)16-20-15-17-10-6-4-7-11-17/h4-11,13-14,19H,2-3,12,15-16,21H2,1H3/t19-/m0/s1. The number of ether oxygens (including phenoxy) is 1. The molecule has 2 aromatic carbocycles. The van der Waals surface area contributed by atoms with Gasteiger partial charge in [-0.25, -0.2) is 0 Å². The average Bonchev–Trinajstić information content (AvgIpc) is 2.54. The lowest BCUT2D eigenvalue weighted by molar-refractivity contribution is 0.117. The molecule has 0 radical (unpaired) electrons. The van der Waals surface area contributed by atoms with Crippen LogP contribution in [0.15, 0.2) is 60.7 Å². The topological polar surface area (TPSA) is 9.23 Å². The first-order valence-corrected chi connectivity index (χ1v) is 9.56. The van der Waals surface area contributed by atoms with Gasteiger partial charge in [0, 0.05) is 6.61 Å². The Morgan fingerprint density at radius 3 is 2.29 bits per heavy atom. The van der Waals surface area contributed by atoms with E-state index in [0.29, 0.717) is 0 Å². The molecule has 0 unspecified atom stereocenters. The van der Waals surface area contributed by atoms with Crippen LogP contribution in [0.25, 0.3) is 0 Å². The molecule has 0 bridgehead atoms. The molecule has 112 valence electrons. The third kappa shape index (κ3) is 6.28. The molecule has 0 heterocycles. The molecule has 1 nitrogen and oxygen atoms in total. The fourth-order valence-corrected chi connectivity index (χ4v) is 4.59. The van der Waals surface area contributed by atoms with Crippen LogP contribution in [0.5, 0.6) is 0 Å². The molecule has 0 N–H and O–H groups in total. The van der Waals surface area contributed by atoms with E-state index in [1.807, 2.05) is 0 Å². The summed E-state index contributed by atoms with van der Waals surface area (Å²) in [7, 11) is -0.243. The lowest BCUT2D eigenvalue weighted by Gasteiger charge is -2.16. The number of hydrogen-bond donors (Lipinski definition) is 0. The molecule has 0 saturated carbocycles. The van der Waals surface area contributed by atoms with Gasteiger partial charge < -0.3 is 4.74 Å². The van der Waals surface area contributed by atoms with Gasteiger partial charge in [0.25, 0.3) is 0 Å². The molecular formula is C19H26OSi. The third-order valence-electron chi connectivity index (χ3n) is 3.80. The summed E-state index contributed by atoms with van der Waals surface area (Å²) in [5.74, 6) is 0. The largest absolute Gasteiger partial charge is 0.377 e. The Morgan fingerprint density at radius 1 is 0.952 bits per heavy atom. The van der Waals surface area contributed by atoms with Crippen molar-refractivity contribution in [2.75, 3.05) is 6.61 Å². The van der Waals surface area contributed by atoms with Crippen molar-refractivity contribution >= 4 is 14.7 Å². The maximum atomic E-state index is 5.99. The summed E-state index contributed by atoms with van der Waals surface area (Å²) >= 11 is 0. The minimum atomic E-state index is -0.243. The van der Waals surface area contributed by atoms with Gasteiger partial charge in [-0.15, -0.1) is 0 Å². The number of rotatable bonds is 9. The van der Waals surface area contributed by atoms with Gasteiger partial charge in [-0.05, 0) is 11.1 Å². The minimum Gasteiger partial charge on any atom is -0.377 e. The summed E-state index contributed by atoms with van der Waals surface area (Å²) in [5, 5.41) is 1.56. The first-order chi connectivity index (χ1) is 10.4. The van der Waals surface area contributed by atoms with Crippen LogP contribution in [-0.2, 0) is 11.3 Å². The van der Waals surface area contributed by atoms with E-state index in [-0.39, 0.29) is 9.52 Å². The van der Waals surface area contributed by atoms with Crippen LogP contribution in [0.2, 0.25) is 5.54 Å². The fourth-order valence-electron chi connectivity index (χ4n) is 2.60. The van der Waals surface area contributed by atoms with Gasteiger partial charge in [-0.2, -0.15) is 0 Å². The maximum Gasteiger partial charge on any atom is 0.0716 e. The maximum absolute atomic E-state index is 5.99. The molecule has 0 aliphatic heterocycles. The second-order valence-corrected chi connectivity index (χ2v) is 8.08. The van der Waals surface area contributed by atoms with E-state index in [9.17, 15) is 0 Å². The van der Waals surface area contributed by atoms with Gasteiger partial charge in [0.15, 0.2) is 0 Å². The van der Waals surface area contributed by atoms with Crippen molar-refractivity contribution in [1.82, 2.24) is 0 Å². The SMILES string of the molecule is CCCC[C@@H](COCc1ccccc1)[SiH2]c1ccccc1. The number of benzene rings is 2. The van der Waals surface area contributed by atoms with Crippen LogP contribution in [0.3, 0.4) is 0 Å². The van der Waals surface area contributed by atoms with E-state index in [0.717, 1.165) is 18.8 Å². The van der Waals surface area contributed by atoms with Crippen molar-refractivity contribution in [3.8, 4) is 0 Å². The van der Waals surface area contributed by atoms with Gasteiger partial charge in [0.2, 0.25) is 0 Å². The van der Waals surface area contributed by atoms with E-state index >= 15 is 0 Å². The monoisotopic (exact) mass is 298 g/mol. The molecule has 0 aliphatic rings. The molecule has 0 amide bonds. The Balaban J connectivity index is 1.81. The lowest BCUT2D eigenvalue weighted by Crippen LogP contribution is -2.22. The Morgan fingerprint density at radius 2 is 1.62 bits per heavy atom. The van der Waals surface area contributed by atoms with E-state index < -0.39 is 0 Å². The quantitative estimate of drug-likeness (QED) is 0.642. The highest BCUT2D eigenvalue weighted by Gasteiger charge is 2.10. The van der Waals surface area contributed by atoms with Crippen LogP contribution in [-0.4, -0.2) is 16.1 Å². The Bertz CT molecular complexity index is 483. The van der Waals surface area contributed by atoms with E-state index in [2.05, 4.69) is 67.6 Å². The molecule has 2 heteroatoms.